The summed E-state index contributed by atoms with van der Waals surface area (Å²) in [5.41, 5.74) is -0.419. The van der Waals surface area contributed by atoms with Crippen LogP contribution in [-0.4, -0.2) is 18.1 Å². The second-order valence-corrected chi connectivity index (χ2v) is 6.08. The number of hydrogen-bond donors (Lipinski definition) is 1. The number of benzene rings is 1. The molecule has 1 heterocycles. The van der Waals surface area contributed by atoms with E-state index in [1.54, 1.807) is 6.92 Å². The van der Waals surface area contributed by atoms with Crippen molar-refractivity contribution in [2.45, 2.75) is 33.0 Å². The van der Waals surface area contributed by atoms with Crippen LogP contribution in [0.2, 0.25) is 0 Å². The molecule has 0 saturated carbocycles. The topological polar surface area (TPSA) is 38.3 Å². The summed E-state index contributed by atoms with van der Waals surface area (Å²) in [5.74, 6) is -2.47. The minimum atomic E-state index is -0.808. The summed E-state index contributed by atoms with van der Waals surface area (Å²) in [6.45, 7) is 5.57. The number of ether oxygens (including phenoxy) is 1. The van der Waals surface area contributed by atoms with Crippen molar-refractivity contribution >= 4 is 27.5 Å². The van der Waals surface area contributed by atoms with Crippen molar-refractivity contribution < 1.29 is 18.3 Å². The van der Waals surface area contributed by atoms with Gasteiger partial charge < -0.3 is 10.1 Å². The average Bonchev–Trinajstić information content (AvgIpc) is 2.58. The third-order valence-corrected chi connectivity index (χ3v) is 4.26. The molecule has 20 heavy (non-hydrogen) atoms. The molecule has 1 aromatic carbocycles. The first-order valence-electron chi connectivity index (χ1n) is 6.42. The van der Waals surface area contributed by atoms with Crippen LogP contribution in [-0.2, 0) is 9.53 Å². The Kier molecular flexibility index (Phi) is 4.44. The van der Waals surface area contributed by atoms with E-state index in [2.05, 4.69) is 21.2 Å². The van der Waals surface area contributed by atoms with Gasteiger partial charge >= 0.3 is 0 Å². The van der Waals surface area contributed by atoms with E-state index in [1.165, 1.54) is 0 Å². The standard InChI is InChI=1S/C14H16BrF2NO2/c1-6-7(2)20-8(3)12(6)14(19)18-13-10(16)4-9(15)5-11(13)17/h4-8,12H,1-3H3,(H,18,19). The maximum atomic E-state index is 13.7. The first-order valence-corrected chi connectivity index (χ1v) is 7.21. The van der Waals surface area contributed by atoms with Gasteiger partial charge in [0.1, 0.15) is 5.69 Å². The molecule has 0 radical (unpaired) electrons. The lowest BCUT2D eigenvalue weighted by Gasteiger charge is -2.18. The van der Waals surface area contributed by atoms with E-state index in [9.17, 15) is 13.6 Å². The summed E-state index contributed by atoms with van der Waals surface area (Å²) in [6.07, 6.45) is -0.332. The average molecular weight is 348 g/mol. The molecular weight excluding hydrogens is 332 g/mol. The molecule has 0 bridgehead atoms. The smallest absolute Gasteiger partial charge is 0.230 e. The highest BCUT2D eigenvalue weighted by Gasteiger charge is 2.41. The van der Waals surface area contributed by atoms with E-state index in [-0.39, 0.29) is 22.6 Å². The molecular formula is C14H16BrF2NO2. The lowest BCUT2D eigenvalue weighted by molar-refractivity contribution is -0.122. The second kappa shape index (κ2) is 5.77. The lowest BCUT2D eigenvalue weighted by atomic mass is 9.89. The van der Waals surface area contributed by atoms with Gasteiger partial charge in [0, 0.05) is 4.47 Å². The van der Waals surface area contributed by atoms with Crippen LogP contribution >= 0.6 is 15.9 Å². The first kappa shape index (κ1) is 15.4. The number of halogens is 3. The van der Waals surface area contributed by atoms with Gasteiger partial charge in [-0.05, 0) is 31.9 Å². The first-order chi connectivity index (χ1) is 9.31. The molecule has 110 valence electrons. The Hall–Kier alpha value is -1.01. The van der Waals surface area contributed by atoms with Gasteiger partial charge in [0.25, 0.3) is 0 Å². The van der Waals surface area contributed by atoms with Gasteiger partial charge in [0.2, 0.25) is 5.91 Å². The summed E-state index contributed by atoms with van der Waals surface area (Å²) < 4.78 is 33.3. The van der Waals surface area contributed by atoms with E-state index < -0.39 is 29.1 Å². The van der Waals surface area contributed by atoms with Gasteiger partial charge in [-0.3, -0.25) is 4.79 Å². The van der Waals surface area contributed by atoms with Gasteiger partial charge in [-0.25, -0.2) is 8.78 Å². The van der Waals surface area contributed by atoms with Gasteiger partial charge in [-0.15, -0.1) is 0 Å². The minimum Gasteiger partial charge on any atom is -0.374 e. The van der Waals surface area contributed by atoms with Crippen molar-refractivity contribution in [1.82, 2.24) is 0 Å². The number of carbonyl (C=O) groups excluding carboxylic acids is 1. The largest absolute Gasteiger partial charge is 0.374 e. The zero-order valence-corrected chi connectivity index (χ0v) is 13.0. The summed E-state index contributed by atoms with van der Waals surface area (Å²) in [5, 5.41) is 2.34. The summed E-state index contributed by atoms with van der Waals surface area (Å²) >= 11 is 2.99. The van der Waals surface area contributed by atoms with E-state index in [0.29, 0.717) is 0 Å². The number of nitrogens with one attached hydrogen (secondary N) is 1. The van der Waals surface area contributed by atoms with Crippen molar-refractivity contribution in [1.29, 1.82) is 0 Å². The van der Waals surface area contributed by atoms with Gasteiger partial charge in [-0.1, -0.05) is 22.9 Å². The van der Waals surface area contributed by atoms with Crippen LogP contribution in [0.1, 0.15) is 20.8 Å². The van der Waals surface area contributed by atoms with E-state index in [4.69, 9.17) is 4.74 Å². The summed E-state index contributed by atoms with van der Waals surface area (Å²) in [6, 6.07) is 2.22. The molecule has 1 N–H and O–H groups in total. The molecule has 1 amide bonds. The predicted molar refractivity (Wildman–Crippen MR) is 75.4 cm³/mol. The number of rotatable bonds is 2. The van der Waals surface area contributed by atoms with E-state index >= 15 is 0 Å². The quantitative estimate of drug-likeness (QED) is 0.885. The van der Waals surface area contributed by atoms with Crippen molar-refractivity contribution in [2.75, 3.05) is 5.32 Å². The van der Waals surface area contributed by atoms with Gasteiger partial charge in [0.15, 0.2) is 11.6 Å². The van der Waals surface area contributed by atoms with Crippen LogP contribution in [0.25, 0.3) is 0 Å². The molecule has 2 rings (SSSR count). The van der Waals surface area contributed by atoms with Crippen LogP contribution in [0.3, 0.4) is 0 Å². The van der Waals surface area contributed by atoms with Crippen LogP contribution in [0.4, 0.5) is 14.5 Å². The number of anilines is 1. The van der Waals surface area contributed by atoms with Crippen LogP contribution in [0.15, 0.2) is 16.6 Å². The molecule has 1 saturated heterocycles. The summed E-state index contributed by atoms with van der Waals surface area (Å²) in [7, 11) is 0. The highest BCUT2D eigenvalue weighted by atomic mass is 79.9. The molecule has 0 aromatic heterocycles. The molecule has 1 aliphatic heterocycles. The predicted octanol–water partition coefficient (Wildman–Crippen LogP) is 3.73. The molecule has 1 aromatic rings. The molecule has 0 aliphatic carbocycles. The van der Waals surface area contributed by atoms with Gasteiger partial charge in [0.05, 0.1) is 18.1 Å². The maximum absolute atomic E-state index is 13.7. The zero-order valence-electron chi connectivity index (χ0n) is 11.4. The number of amides is 1. The monoisotopic (exact) mass is 347 g/mol. The van der Waals surface area contributed by atoms with Crippen LogP contribution in [0, 0.1) is 23.5 Å². The van der Waals surface area contributed by atoms with Crippen molar-refractivity contribution in [3.05, 3.63) is 28.2 Å². The Labute approximate surface area is 124 Å². The van der Waals surface area contributed by atoms with Crippen molar-refractivity contribution in [2.24, 2.45) is 11.8 Å². The number of carbonyl (C=O) groups is 1. The Morgan fingerprint density at radius 1 is 1.20 bits per heavy atom. The molecule has 3 nitrogen and oxygen atoms in total. The molecule has 4 atom stereocenters. The van der Waals surface area contributed by atoms with Crippen molar-refractivity contribution in [3.63, 3.8) is 0 Å². The Bertz CT molecular complexity index is 515. The third-order valence-electron chi connectivity index (χ3n) is 3.80. The molecule has 1 fully saturated rings. The minimum absolute atomic E-state index is 0.00780. The molecule has 4 unspecified atom stereocenters. The van der Waals surface area contributed by atoms with Crippen LogP contribution < -0.4 is 5.32 Å². The Morgan fingerprint density at radius 3 is 2.20 bits per heavy atom. The fraction of sp³-hybridized carbons (Fsp3) is 0.500. The summed E-state index contributed by atoms with van der Waals surface area (Å²) in [4.78, 5) is 12.2. The van der Waals surface area contributed by atoms with Crippen molar-refractivity contribution in [3.8, 4) is 0 Å². The highest BCUT2D eigenvalue weighted by Crippen LogP contribution is 2.33. The lowest BCUT2D eigenvalue weighted by Crippen LogP contribution is -2.32. The Morgan fingerprint density at radius 2 is 1.75 bits per heavy atom. The fourth-order valence-electron chi connectivity index (χ4n) is 2.59. The Balaban J connectivity index is 2.21. The normalized spacial score (nSPS) is 29.5. The highest BCUT2D eigenvalue weighted by molar-refractivity contribution is 9.10. The third kappa shape index (κ3) is 2.86. The zero-order chi connectivity index (χ0) is 15.0. The molecule has 1 aliphatic rings. The van der Waals surface area contributed by atoms with E-state index in [0.717, 1.165) is 12.1 Å². The maximum Gasteiger partial charge on any atom is 0.230 e. The molecule has 6 heteroatoms. The fourth-order valence-corrected chi connectivity index (χ4v) is 2.99. The second-order valence-electron chi connectivity index (χ2n) is 5.16. The molecule has 0 spiro atoms. The SMILES string of the molecule is CC1OC(C)C(C(=O)Nc2c(F)cc(Br)cc2F)C1C. The van der Waals surface area contributed by atoms with Gasteiger partial charge in [-0.2, -0.15) is 0 Å². The number of hydrogen-bond acceptors (Lipinski definition) is 2. The van der Waals surface area contributed by atoms with E-state index in [1.807, 2.05) is 13.8 Å². The van der Waals surface area contributed by atoms with Crippen LogP contribution in [0.5, 0.6) is 0 Å².